The number of piperazine rings is 1. The van der Waals surface area contributed by atoms with Crippen molar-refractivity contribution < 1.29 is 23.9 Å². The second-order valence-electron chi connectivity index (χ2n) is 6.67. The summed E-state index contributed by atoms with van der Waals surface area (Å²) in [4.78, 5) is 41.2. The van der Waals surface area contributed by atoms with Crippen LogP contribution in [0.25, 0.3) is 0 Å². The number of rotatable bonds is 2. The van der Waals surface area contributed by atoms with E-state index in [1.807, 2.05) is 25.1 Å². The summed E-state index contributed by atoms with van der Waals surface area (Å²) in [5.41, 5.74) is 1.09. The summed E-state index contributed by atoms with van der Waals surface area (Å²) in [5.74, 6) is 0.311. The van der Waals surface area contributed by atoms with Crippen LogP contribution in [0.4, 0.5) is 4.79 Å². The van der Waals surface area contributed by atoms with Crippen molar-refractivity contribution in [1.82, 2.24) is 14.7 Å². The number of fused-ring (bicyclic) bond motifs is 1. The number of nitrogens with zero attached hydrogens (tertiary/aromatic N) is 3. The van der Waals surface area contributed by atoms with Crippen molar-refractivity contribution in [3.8, 4) is 11.5 Å². The highest BCUT2D eigenvalue weighted by Crippen LogP contribution is 2.37. The van der Waals surface area contributed by atoms with Gasteiger partial charge in [0.25, 0.3) is 0 Å². The third kappa shape index (κ3) is 2.75. The molecule has 0 aliphatic carbocycles. The van der Waals surface area contributed by atoms with Crippen LogP contribution in [0.15, 0.2) is 18.2 Å². The third-order valence-corrected chi connectivity index (χ3v) is 5.25. The van der Waals surface area contributed by atoms with E-state index < -0.39 is 11.8 Å². The van der Waals surface area contributed by atoms with Gasteiger partial charge in [-0.1, -0.05) is 6.07 Å². The molecule has 0 bridgehead atoms. The molecule has 3 heterocycles. The van der Waals surface area contributed by atoms with Gasteiger partial charge in [-0.3, -0.25) is 14.5 Å². The number of benzene rings is 1. The summed E-state index contributed by atoms with van der Waals surface area (Å²) in [7, 11) is 0. The Balaban J connectivity index is 1.43. The van der Waals surface area contributed by atoms with Gasteiger partial charge in [-0.2, -0.15) is 0 Å². The number of carbonyl (C=O) groups is 3. The number of likely N-dealkylation sites (N-methyl/N-ethyl adjacent to an activating group) is 1. The molecule has 26 heavy (non-hydrogen) atoms. The molecule has 8 heteroatoms. The van der Waals surface area contributed by atoms with E-state index in [1.54, 1.807) is 4.90 Å². The molecule has 8 nitrogen and oxygen atoms in total. The first-order valence-corrected chi connectivity index (χ1v) is 8.87. The van der Waals surface area contributed by atoms with E-state index in [4.69, 9.17) is 9.47 Å². The molecule has 1 aromatic rings. The van der Waals surface area contributed by atoms with E-state index >= 15 is 0 Å². The largest absolute Gasteiger partial charge is 0.454 e. The van der Waals surface area contributed by atoms with Crippen molar-refractivity contribution in [2.75, 3.05) is 39.5 Å². The van der Waals surface area contributed by atoms with Gasteiger partial charge in [0, 0.05) is 38.6 Å². The van der Waals surface area contributed by atoms with Crippen LogP contribution in [0.2, 0.25) is 0 Å². The molecule has 0 radical (unpaired) electrons. The van der Waals surface area contributed by atoms with E-state index in [-0.39, 0.29) is 25.3 Å². The number of hydrogen-bond acceptors (Lipinski definition) is 5. The Hall–Kier alpha value is -2.77. The Morgan fingerprint density at radius 1 is 1.12 bits per heavy atom. The Labute approximate surface area is 151 Å². The average Bonchev–Trinajstić information content (AvgIpc) is 3.32. The van der Waals surface area contributed by atoms with Gasteiger partial charge in [0.2, 0.25) is 6.79 Å². The monoisotopic (exact) mass is 359 g/mol. The molecule has 2 saturated heterocycles. The lowest BCUT2D eigenvalue weighted by Gasteiger charge is -2.34. The molecule has 1 atom stereocenters. The van der Waals surface area contributed by atoms with Gasteiger partial charge in [-0.05, 0) is 31.0 Å². The van der Waals surface area contributed by atoms with Gasteiger partial charge >= 0.3 is 17.8 Å². The molecule has 3 aliphatic rings. The summed E-state index contributed by atoms with van der Waals surface area (Å²) in [6, 6.07) is 5.45. The van der Waals surface area contributed by atoms with Crippen LogP contribution in [0.5, 0.6) is 11.5 Å². The summed E-state index contributed by atoms with van der Waals surface area (Å²) < 4.78 is 10.7. The van der Waals surface area contributed by atoms with Crippen LogP contribution in [0.1, 0.15) is 24.8 Å². The van der Waals surface area contributed by atoms with Crippen molar-refractivity contribution in [2.45, 2.75) is 19.3 Å². The number of imide groups is 1. The molecule has 0 spiro atoms. The molecule has 3 aliphatic heterocycles. The predicted octanol–water partition coefficient (Wildman–Crippen LogP) is 1.02. The van der Waals surface area contributed by atoms with Crippen LogP contribution < -0.4 is 9.47 Å². The van der Waals surface area contributed by atoms with Crippen molar-refractivity contribution in [1.29, 1.82) is 0 Å². The van der Waals surface area contributed by atoms with E-state index in [9.17, 15) is 14.4 Å². The van der Waals surface area contributed by atoms with Crippen molar-refractivity contribution in [3.05, 3.63) is 23.8 Å². The Kier molecular flexibility index (Phi) is 4.18. The van der Waals surface area contributed by atoms with Crippen LogP contribution in [0.3, 0.4) is 0 Å². The first-order valence-electron chi connectivity index (χ1n) is 8.87. The summed E-state index contributed by atoms with van der Waals surface area (Å²) in [5, 5.41) is 0. The normalized spacial score (nSPS) is 22.3. The zero-order valence-corrected chi connectivity index (χ0v) is 14.6. The maximum Gasteiger partial charge on any atom is 0.327 e. The number of hydrogen-bond donors (Lipinski definition) is 0. The lowest BCUT2D eigenvalue weighted by atomic mass is 9.98. The number of amides is 4. The summed E-state index contributed by atoms with van der Waals surface area (Å²) in [6.45, 7) is 4.26. The highest BCUT2D eigenvalue weighted by atomic mass is 16.7. The summed E-state index contributed by atoms with van der Waals surface area (Å²) in [6.07, 6.45) is 0.808. The minimum Gasteiger partial charge on any atom is -0.454 e. The zero-order chi connectivity index (χ0) is 18.3. The van der Waals surface area contributed by atoms with Crippen LogP contribution in [-0.2, 0) is 9.59 Å². The van der Waals surface area contributed by atoms with E-state index in [0.717, 1.165) is 28.4 Å². The number of likely N-dealkylation sites (tertiary alicyclic amines) is 1. The second-order valence-corrected chi connectivity index (χ2v) is 6.67. The SMILES string of the molecule is CCN1CCN(C(=O)N2CCC(c3ccc4c(c3)OCO4)C2)C(=O)C1=O. The molecule has 0 N–H and O–H groups in total. The molecular formula is C18H21N3O5. The fraction of sp³-hybridized carbons (Fsp3) is 0.500. The molecular weight excluding hydrogens is 338 g/mol. The first-order chi connectivity index (χ1) is 12.6. The van der Waals surface area contributed by atoms with Gasteiger partial charge in [-0.25, -0.2) is 4.79 Å². The van der Waals surface area contributed by atoms with Gasteiger partial charge in [-0.15, -0.1) is 0 Å². The van der Waals surface area contributed by atoms with E-state index in [0.29, 0.717) is 26.2 Å². The maximum absolute atomic E-state index is 12.7. The van der Waals surface area contributed by atoms with E-state index in [2.05, 4.69) is 0 Å². The maximum atomic E-state index is 12.7. The van der Waals surface area contributed by atoms with Gasteiger partial charge in [0.05, 0.1) is 0 Å². The predicted molar refractivity (Wildman–Crippen MR) is 90.9 cm³/mol. The third-order valence-electron chi connectivity index (χ3n) is 5.25. The standard InChI is InChI=1S/C18H21N3O5/c1-2-19-7-8-21(17(23)16(19)22)18(24)20-6-5-13(10-20)12-3-4-14-15(9-12)26-11-25-14/h3-4,9,13H,2,5-8,10-11H2,1H3. The Morgan fingerprint density at radius 3 is 2.73 bits per heavy atom. The van der Waals surface area contributed by atoms with Crippen LogP contribution >= 0.6 is 0 Å². The Morgan fingerprint density at radius 2 is 1.92 bits per heavy atom. The van der Waals surface area contributed by atoms with Crippen LogP contribution in [-0.4, -0.2) is 72.1 Å². The van der Waals surface area contributed by atoms with Gasteiger partial charge in [0.1, 0.15) is 0 Å². The van der Waals surface area contributed by atoms with Crippen molar-refractivity contribution >= 4 is 17.8 Å². The number of carbonyl (C=O) groups excluding carboxylic acids is 3. The Bertz CT molecular complexity index is 765. The fourth-order valence-corrected chi connectivity index (χ4v) is 3.70. The minimum atomic E-state index is -0.727. The molecule has 4 rings (SSSR count). The van der Waals surface area contributed by atoms with Crippen LogP contribution in [0, 0.1) is 0 Å². The lowest BCUT2D eigenvalue weighted by molar-refractivity contribution is -0.153. The second kappa shape index (κ2) is 6.51. The van der Waals surface area contributed by atoms with Crippen molar-refractivity contribution in [3.63, 3.8) is 0 Å². The topological polar surface area (TPSA) is 79.4 Å². The minimum absolute atomic E-state index is 0.177. The first kappa shape index (κ1) is 16.7. The van der Waals surface area contributed by atoms with Crippen molar-refractivity contribution in [2.24, 2.45) is 0 Å². The number of urea groups is 1. The summed E-state index contributed by atoms with van der Waals surface area (Å²) >= 11 is 0. The molecule has 0 aromatic heterocycles. The molecule has 4 amide bonds. The average molecular weight is 359 g/mol. The molecule has 0 saturated carbocycles. The number of ether oxygens (including phenoxy) is 2. The zero-order valence-electron chi connectivity index (χ0n) is 14.6. The molecule has 1 aromatic carbocycles. The lowest BCUT2D eigenvalue weighted by Crippen LogP contribution is -2.58. The molecule has 138 valence electrons. The van der Waals surface area contributed by atoms with E-state index in [1.165, 1.54) is 4.90 Å². The molecule has 2 fully saturated rings. The van der Waals surface area contributed by atoms with Gasteiger partial charge in [0.15, 0.2) is 11.5 Å². The highest BCUT2D eigenvalue weighted by Gasteiger charge is 2.39. The quantitative estimate of drug-likeness (QED) is 0.737. The van der Waals surface area contributed by atoms with Gasteiger partial charge < -0.3 is 19.3 Å². The fourth-order valence-electron chi connectivity index (χ4n) is 3.70. The smallest absolute Gasteiger partial charge is 0.327 e. The highest BCUT2D eigenvalue weighted by molar-refractivity contribution is 6.38. The molecule has 1 unspecified atom stereocenters.